The molecule has 15 heteroatoms. The largest absolute Gasteiger partial charge is 0.495 e. The quantitative estimate of drug-likeness (QED) is 0.151. The highest BCUT2D eigenvalue weighted by molar-refractivity contribution is 8.76. The third-order valence-corrected chi connectivity index (χ3v) is 11.7. The third kappa shape index (κ3) is 9.50. The minimum absolute atomic E-state index is 0.0451. The molecule has 3 N–H and O–H groups in total. The number of benzene rings is 1. The molecule has 2 saturated heterocycles. The van der Waals surface area contributed by atoms with Gasteiger partial charge in [0.15, 0.2) is 12.0 Å². The van der Waals surface area contributed by atoms with E-state index < -0.39 is 53.7 Å². The first-order chi connectivity index (χ1) is 23.6. The van der Waals surface area contributed by atoms with Crippen LogP contribution < -0.4 is 15.0 Å². The molecule has 0 saturated carbocycles. The summed E-state index contributed by atoms with van der Waals surface area (Å²) in [6, 6.07) is 3.66. The zero-order valence-corrected chi connectivity index (χ0v) is 32.4. The lowest BCUT2D eigenvalue weighted by Crippen LogP contribution is -2.72. The Labute approximate surface area is 307 Å². The molecule has 2 fully saturated rings. The standard InChI is InChI=1S/C35H51ClN2O10S2/c1-21-11-9-12-26(44-7)35(42)19-28(47-32(41)37-35)34(4)20-33(3,48-34)27(46-31(40)22(2)45-13-10-14-50-49-8)18-29(39)38(5)24-16-23(15-21)17-25(43-6)30(24)36/h9,11-12,16-17,22,26-28,31,40,42H,10,13-15,18-20H2,1-8H3,(H,37,41)/b12-9+,21-11+/t22-,26+,27-,28-,31?,33+,34+,35-/m0/s1. The van der Waals surface area contributed by atoms with Crippen LogP contribution in [0, 0.1) is 0 Å². The number of hydrogen-bond donors (Lipinski definition) is 3. The average Bonchev–Trinajstić information content (AvgIpc) is 3.04. The first kappa shape index (κ1) is 40.8. The second kappa shape index (κ2) is 17.2. The van der Waals surface area contributed by atoms with Gasteiger partial charge in [0.1, 0.15) is 34.7 Å². The highest BCUT2D eigenvalue weighted by Gasteiger charge is 2.63. The van der Waals surface area contributed by atoms with Gasteiger partial charge in [0.05, 0.1) is 30.9 Å². The highest BCUT2D eigenvalue weighted by atomic mass is 35.5. The van der Waals surface area contributed by atoms with E-state index in [-0.39, 0.29) is 30.2 Å². The molecule has 4 aliphatic rings. The molecule has 280 valence electrons. The minimum atomic E-state index is -1.81. The van der Waals surface area contributed by atoms with Crippen molar-refractivity contribution in [3.8, 4) is 5.75 Å². The second-order valence-corrected chi connectivity index (χ2v) is 16.6. The van der Waals surface area contributed by atoms with Crippen molar-refractivity contribution < 1.29 is 48.2 Å². The lowest BCUT2D eigenvalue weighted by atomic mass is 9.72. The van der Waals surface area contributed by atoms with Crippen LogP contribution in [0.1, 0.15) is 58.9 Å². The van der Waals surface area contributed by atoms with Crippen LogP contribution in [0.3, 0.4) is 0 Å². The van der Waals surface area contributed by atoms with E-state index in [1.807, 2.05) is 31.4 Å². The number of anilines is 1. The number of ether oxygens (including phenoxy) is 6. The summed E-state index contributed by atoms with van der Waals surface area (Å²) in [7, 11) is 8.00. The van der Waals surface area contributed by atoms with E-state index in [0.717, 1.165) is 23.3 Å². The summed E-state index contributed by atoms with van der Waals surface area (Å²) in [5.74, 6) is 0.970. The van der Waals surface area contributed by atoms with Gasteiger partial charge >= 0.3 is 6.09 Å². The Morgan fingerprint density at radius 1 is 1.22 bits per heavy atom. The molecule has 2 amide bonds. The van der Waals surface area contributed by atoms with Crippen molar-refractivity contribution in [2.75, 3.05) is 44.8 Å². The lowest BCUT2D eigenvalue weighted by Gasteiger charge is -2.59. The van der Waals surface area contributed by atoms with E-state index in [0.29, 0.717) is 24.5 Å². The maximum Gasteiger partial charge on any atom is 0.409 e. The zero-order valence-electron chi connectivity index (χ0n) is 30.0. The normalized spacial score (nSPS) is 33.3. The van der Waals surface area contributed by atoms with E-state index >= 15 is 0 Å². The van der Waals surface area contributed by atoms with Crippen LogP contribution in [-0.4, -0.2) is 110 Å². The van der Waals surface area contributed by atoms with Gasteiger partial charge in [0, 0.05) is 39.4 Å². The molecule has 4 aliphatic heterocycles. The molecule has 5 rings (SSSR count). The number of hydrogen-bond acceptors (Lipinski definition) is 12. The van der Waals surface area contributed by atoms with Crippen molar-refractivity contribution in [2.24, 2.45) is 0 Å². The van der Waals surface area contributed by atoms with Crippen LogP contribution in [0.2, 0.25) is 5.02 Å². The number of amides is 2. The molecule has 0 aliphatic carbocycles. The van der Waals surface area contributed by atoms with E-state index in [2.05, 4.69) is 5.32 Å². The molecule has 6 bridgehead atoms. The molecule has 12 nitrogen and oxygen atoms in total. The number of nitrogens with zero attached hydrogens (tertiary/aromatic N) is 1. The summed E-state index contributed by atoms with van der Waals surface area (Å²) < 4.78 is 35.5. The van der Waals surface area contributed by atoms with Gasteiger partial charge in [-0.15, -0.1) is 0 Å². The highest BCUT2D eigenvalue weighted by Crippen LogP contribution is 2.50. The lowest BCUT2D eigenvalue weighted by molar-refractivity contribution is -0.347. The maximum atomic E-state index is 14.0. The fourth-order valence-corrected chi connectivity index (χ4v) is 8.33. The van der Waals surface area contributed by atoms with Gasteiger partial charge in [-0.1, -0.05) is 57.0 Å². The van der Waals surface area contributed by atoms with Crippen LogP contribution in [-0.2, 0) is 34.9 Å². The second-order valence-electron chi connectivity index (χ2n) is 13.5. The number of fused-ring (bicyclic) bond motifs is 6. The van der Waals surface area contributed by atoms with Gasteiger partial charge in [0.2, 0.25) is 5.91 Å². The van der Waals surface area contributed by atoms with Gasteiger partial charge in [-0.3, -0.25) is 10.1 Å². The molecule has 8 atom stereocenters. The number of rotatable bonds is 11. The van der Waals surface area contributed by atoms with Crippen LogP contribution in [0.5, 0.6) is 5.75 Å². The fourth-order valence-electron chi connectivity index (χ4n) is 6.76. The van der Waals surface area contributed by atoms with Crippen molar-refractivity contribution >= 4 is 50.9 Å². The van der Waals surface area contributed by atoms with Gasteiger partial charge in [0.25, 0.3) is 0 Å². The summed E-state index contributed by atoms with van der Waals surface area (Å²) in [6.45, 7) is 7.65. The topological polar surface area (TPSA) is 145 Å². The van der Waals surface area contributed by atoms with E-state index in [4.69, 9.17) is 40.0 Å². The fraction of sp³-hybridized carbons (Fsp3) is 0.657. The minimum Gasteiger partial charge on any atom is -0.495 e. The summed E-state index contributed by atoms with van der Waals surface area (Å²) in [4.78, 5) is 28.3. The summed E-state index contributed by atoms with van der Waals surface area (Å²) in [5, 5.41) is 25.7. The van der Waals surface area contributed by atoms with E-state index in [1.54, 1.807) is 61.6 Å². The Morgan fingerprint density at radius 3 is 2.60 bits per heavy atom. The number of alkyl carbamates (subject to hydrolysis) is 1. The zero-order chi connectivity index (χ0) is 36.9. The summed E-state index contributed by atoms with van der Waals surface area (Å²) in [5.41, 5.74) is -1.73. The number of allylic oxidation sites excluding steroid dienone is 3. The number of carbonyl (C=O) groups is 2. The number of aliphatic hydroxyl groups is 2. The third-order valence-electron chi connectivity index (χ3n) is 9.44. The molecular formula is C35H51ClN2O10S2. The smallest absolute Gasteiger partial charge is 0.409 e. The Kier molecular flexibility index (Phi) is 14.0. The molecule has 0 aromatic heterocycles. The first-order valence-electron chi connectivity index (χ1n) is 16.6. The predicted octanol–water partition coefficient (Wildman–Crippen LogP) is 5.41. The number of aliphatic hydroxyl groups excluding tert-OH is 1. The molecule has 0 spiro atoms. The predicted molar refractivity (Wildman–Crippen MR) is 196 cm³/mol. The molecule has 0 radical (unpaired) electrons. The van der Waals surface area contributed by atoms with Gasteiger partial charge in [-0.25, -0.2) is 4.79 Å². The Hall–Kier alpha value is -2.01. The molecule has 50 heavy (non-hydrogen) atoms. The Balaban J connectivity index is 1.72. The molecule has 1 aromatic rings. The molecule has 1 aromatic carbocycles. The number of halogens is 1. The van der Waals surface area contributed by atoms with Crippen molar-refractivity contribution in [3.63, 3.8) is 0 Å². The first-order valence-corrected chi connectivity index (χ1v) is 19.7. The molecule has 4 heterocycles. The van der Waals surface area contributed by atoms with Crippen molar-refractivity contribution in [2.45, 2.75) is 107 Å². The van der Waals surface area contributed by atoms with Crippen LogP contribution in [0.25, 0.3) is 0 Å². The van der Waals surface area contributed by atoms with Crippen molar-refractivity contribution in [1.29, 1.82) is 0 Å². The van der Waals surface area contributed by atoms with Gasteiger partial charge < -0.3 is 43.5 Å². The summed E-state index contributed by atoms with van der Waals surface area (Å²) in [6.07, 6.45) is 3.01. The SMILES string of the molecule is COc1cc2cc(c1Cl)N(C)C(=O)C[C@H](OC(O)[C@H](C)OCCCSSC)[C@@]1(C)C[C@@](C)(O1)[C@@H]1C[C@@](O)(NC(=O)O1)[C@H](OC)/C=C/C=C(\C)C2. The Bertz CT molecular complexity index is 1420. The summed E-state index contributed by atoms with van der Waals surface area (Å²) >= 11 is 6.76. The Morgan fingerprint density at radius 2 is 1.94 bits per heavy atom. The van der Waals surface area contributed by atoms with Crippen LogP contribution in [0.15, 0.2) is 35.9 Å². The average molecular weight is 759 g/mol. The molecule has 1 unspecified atom stereocenters. The van der Waals surface area contributed by atoms with Gasteiger partial charge in [-0.05, 0) is 64.5 Å². The monoisotopic (exact) mass is 758 g/mol. The van der Waals surface area contributed by atoms with Crippen molar-refractivity contribution in [3.05, 3.63) is 46.5 Å². The molecular weight excluding hydrogens is 708 g/mol. The van der Waals surface area contributed by atoms with Crippen molar-refractivity contribution in [1.82, 2.24) is 5.32 Å². The van der Waals surface area contributed by atoms with Crippen LogP contribution >= 0.6 is 33.2 Å². The number of carbonyl (C=O) groups excluding carboxylic acids is 2. The van der Waals surface area contributed by atoms with Gasteiger partial charge in [-0.2, -0.15) is 0 Å². The van der Waals surface area contributed by atoms with Crippen LogP contribution in [0.4, 0.5) is 10.5 Å². The number of nitrogens with one attached hydrogen (secondary N) is 1. The number of methoxy groups -OCH3 is 2. The van der Waals surface area contributed by atoms with E-state index in [9.17, 15) is 19.8 Å². The maximum absolute atomic E-state index is 14.0. The van der Waals surface area contributed by atoms with E-state index in [1.165, 1.54) is 19.1 Å².